The van der Waals surface area contributed by atoms with Gasteiger partial charge in [0.2, 0.25) is 5.91 Å². The van der Waals surface area contributed by atoms with Crippen molar-refractivity contribution in [2.45, 2.75) is 32.1 Å². The van der Waals surface area contributed by atoms with Crippen molar-refractivity contribution >= 4 is 29.1 Å². The highest BCUT2D eigenvalue weighted by atomic mass is 35.5. The molecule has 0 radical (unpaired) electrons. The molecular formula is C20H28ClN3O2. The van der Waals surface area contributed by atoms with Gasteiger partial charge < -0.3 is 14.7 Å². The molecule has 26 heavy (non-hydrogen) atoms. The molecule has 0 spiro atoms. The van der Waals surface area contributed by atoms with Gasteiger partial charge in [0.15, 0.2) is 0 Å². The summed E-state index contributed by atoms with van der Waals surface area (Å²) in [5.41, 5.74) is 1.53. The first-order valence-corrected chi connectivity index (χ1v) is 9.90. The zero-order chi connectivity index (χ0) is 18.7. The van der Waals surface area contributed by atoms with Crippen LogP contribution in [0.3, 0.4) is 0 Å². The van der Waals surface area contributed by atoms with E-state index in [0.717, 1.165) is 44.7 Å². The highest BCUT2D eigenvalue weighted by Gasteiger charge is 2.28. The number of carbonyl (C=O) groups is 2. The number of carbonyl (C=O) groups excluding carboxylic acids is 2. The first-order valence-electron chi connectivity index (χ1n) is 9.52. The van der Waals surface area contributed by atoms with E-state index in [9.17, 15) is 9.59 Å². The van der Waals surface area contributed by atoms with Gasteiger partial charge in [0.1, 0.15) is 0 Å². The number of amides is 2. The fourth-order valence-electron chi connectivity index (χ4n) is 3.91. The smallest absolute Gasteiger partial charge is 0.254 e. The van der Waals surface area contributed by atoms with Gasteiger partial charge in [-0.3, -0.25) is 9.59 Å². The highest BCUT2D eigenvalue weighted by Crippen LogP contribution is 2.28. The summed E-state index contributed by atoms with van der Waals surface area (Å²) in [6, 6.07) is 5.59. The molecule has 1 aliphatic heterocycles. The number of hydrogen-bond acceptors (Lipinski definition) is 3. The molecule has 0 N–H and O–H groups in total. The van der Waals surface area contributed by atoms with Crippen molar-refractivity contribution in [1.82, 2.24) is 9.80 Å². The maximum absolute atomic E-state index is 12.7. The van der Waals surface area contributed by atoms with Crippen LogP contribution in [0.15, 0.2) is 18.2 Å². The third kappa shape index (κ3) is 4.14. The van der Waals surface area contributed by atoms with Crippen LogP contribution in [0.4, 0.5) is 5.69 Å². The summed E-state index contributed by atoms with van der Waals surface area (Å²) in [4.78, 5) is 30.6. The van der Waals surface area contributed by atoms with Crippen molar-refractivity contribution in [2.75, 3.05) is 45.2 Å². The lowest BCUT2D eigenvalue weighted by atomic mass is 9.88. The second-order valence-electron chi connectivity index (χ2n) is 7.51. The number of piperazine rings is 1. The monoisotopic (exact) mass is 377 g/mol. The van der Waals surface area contributed by atoms with E-state index in [2.05, 4.69) is 4.90 Å². The molecule has 2 aliphatic rings. The lowest BCUT2D eigenvalue weighted by molar-refractivity contribution is -0.136. The second kappa shape index (κ2) is 8.30. The molecular weight excluding hydrogens is 350 g/mol. The van der Waals surface area contributed by atoms with Gasteiger partial charge in [0, 0.05) is 51.9 Å². The Balaban J connectivity index is 1.60. The molecule has 1 saturated heterocycles. The third-order valence-corrected chi connectivity index (χ3v) is 5.81. The number of halogens is 1. The Hall–Kier alpha value is -1.75. The van der Waals surface area contributed by atoms with Gasteiger partial charge in [-0.25, -0.2) is 0 Å². The van der Waals surface area contributed by atoms with Gasteiger partial charge in [-0.2, -0.15) is 0 Å². The topological polar surface area (TPSA) is 43.9 Å². The molecule has 1 aromatic rings. The fraction of sp³-hybridized carbons (Fsp3) is 0.600. The van der Waals surface area contributed by atoms with E-state index in [4.69, 9.17) is 11.6 Å². The number of rotatable bonds is 3. The molecule has 1 aromatic carbocycles. The van der Waals surface area contributed by atoms with E-state index in [1.54, 1.807) is 20.2 Å². The number of anilines is 1. The lowest BCUT2D eigenvalue weighted by Crippen LogP contribution is -2.50. The SMILES string of the molecule is CN(C)C(=O)c1ccc(N2CCN(C(=O)C3CCCCC3)CC2)cc1Cl. The molecule has 0 aromatic heterocycles. The average Bonchev–Trinajstić information content (AvgIpc) is 2.67. The van der Waals surface area contributed by atoms with Gasteiger partial charge in [-0.1, -0.05) is 30.9 Å². The summed E-state index contributed by atoms with van der Waals surface area (Å²) in [7, 11) is 3.43. The molecule has 0 atom stereocenters. The standard InChI is InChI=1S/C20H28ClN3O2/c1-22(2)20(26)17-9-8-16(14-18(17)21)23-10-12-24(13-11-23)19(25)15-6-4-3-5-7-15/h8-9,14-15H,3-7,10-13H2,1-2H3. The van der Waals surface area contributed by atoms with Gasteiger partial charge in [0.25, 0.3) is 5.91 Å². The summed E-state index contributed by atoms with van der Waals surface area (Å²) < 4.78 is 0. The maximum Gasteiger partial charge on any atom is 0.254 e. The maximum atomic E-state index is 12.7. The number of nitrogens with zero attached hydrogens (tertiary/aromatic N) is 3. The quantitative estimate of drug-likeness (QED) is 0.812. The molecule has 0 unspecified atom stereocenters. The van der Waals surface area contributed by atoms with Crippen LogP contribution in [0.1, 0.15) is 42.5 Å². The van der Waals surface area contributed by atoms with Gasteiger partial charge >= 0.3 is 0 Å². The van der Waals surface area contributed by atoms with E-state index >= 15 is 0 Å². The molecule has 6 heteroatoms. The highest BCUT2D eigenvalue weighted by molar-refractivity contribution is 6.34. The van der Waals surface area contributed by atoms with Crippen LogP contribution >= 0.6 is 11.6 Å². The first kappa shape index (κ1) is 19.0. The minimum Gasteiger partial charge on any atom is -0.368 e. The fourth-order valence-corrected chi connectivity index (χ4v) is 4.16. The number of benzene rings is 1. The number of hydrogen-bond donors (Lipinski definition) is 0. The van der Waals surface area contributed by atoms with Crippen molar-refractivity contribution in [3.05, 3.63) is 28.8 Å². The minimum atomic E-state index is -0.0931. The van der Waals surface area contributed by atoms with E-state index < -0.39 is 0 Å². The Morgan fingerprint density at radius 1 is 1.04 bits per heavy atom. The predicted octanol–water partition coefficient (Wildman–Crippen LogP) is 3.27. The molecule has 0 bridgehead atoms. The van der Waals surface area contributed by atoms with Crippen molar-refractivity contribution in [2.24, 2.45) is 5.92 Å². The summed E-state index contributed by atoms with van der Waals surface area (Å²) >= 11 is 6.33. The van der Waals surface area contributed by atoms with Gasteiger partial charge in [-0.05, 0) is 31.0 Å². The molecule has 1 aliphatic carbocycles. The summed E-state index contributed by atoms with van der Waals surface area (Å²) in [6.07, 6.45) is 5.75. The minimum absolute atomic E-state index is 0.0931. The van der Waals surface area contributed by atoms with Crippen molar-refractivity contribution in [3.63, 3.8) is 0 Å². The van der Waals surface area contributed by atoms with Crippen LogP contribution in [0.5, 0.6) is 0 Å². The predicted molar refractivity (Wildman–Crippen MR) is 105 cm³/mol. The van der Waals surface area contributed by atoms with Crippen LogP contribution in [0.2, 0.25) is 5.02 Å². The van der Waals surface area contributed by atoms with Crippen LogP contribution < -0.4 is 4.90 Å². The third-order valence-electron chi connectivity index (χ3n) is 5.50. The van der Waals surface area contributed by atoms with Crippen LogP contribution in [0, 0.1) is 5.92 Å². The van der Waals surface area contributed by atoms with Crippen molar-refractivity contribution in [3.8, 4) is 0 Å². The van der Waals surface area contributed by atoms with Crippen LogP contribution in [-0.2, 0) is 4.79 Å². The summed E-state index contributed by atoms with van der Waals surface area (Å²) in [5.74, 6) is 0.486. The van der Waals surface area contributed by atoms with E-state index in [0.29, 0.717) is 16.5 Å². The van der Waals surface area contributed by atoms with Gasteiger partial charge in [0.05, 0.1) is 10.6 Å². The zero-order valence-corrected chi connectivity index (χ0v) is 16.5. The Labute approximate surface area is 160 Å². The summed E-state index contributed by atoms with van der Waals surface area (Å²) in [6.45, 7) is 3.11. The Kier molecular flexibility index (Phi) is 6.07. The molecule has 1 saturated carbocycles. The van der Waals surface area contributed by atoms with Gasteiger partial charge in [-0.15, -0.1) is 0 Å². The first-order chi connectivity index (χ1) is 12.5. The van der Waals surface area contributed by atoms with E-state index in [1.165, 1.54) is 24.2 Å². The molecule has 142 valence electrons. The largest absolute Gasteiger partial charge is 0.368 e. The lowest BCUT2D eigenvalue weighted by Gasteiger charge is -2.38. The Morgan fingerprint density at radius 3 is 2.27 bits per heavy atom. The average molecular weight is 378 g/mol. The molecule has 3 rings (SSSR count). The molecule has 2 fully saturated rings. The van der Waals surface area contributed by atoms with E-state index in [1.807, 2.05) is 17.0 Å². The van der Waals surface area contributed by atoms with Crippen LogP contribution in [0.25, 0.3) is 0 Å². The van der Waals surface area contributed by atoms with E-state index in [-0.39, 0.29) is 11.8 Å². The molecule has 5 nitrogen and oxygen atoms in total. The second-order valence-corrected chi connectivity index (χ2v) is 7.92. The Morgan fingerprint density at radius 2 is 1.69 bits per heavy atom. The Bertz CT molecular complexity index is 663. The van der Waals surface area contributed by atoms with Crippen molar-refractivity contribution < 1.29 is 9.59 Å². The van der Waals surface area contributed by atoms with Crippen molar-refractivity contribution in [1.29, 1.82) is 0 Å². The summed E-state index contributed by atoms with van der Waals surface area (Å²) in [5, 5.41) is 0.474. The molecule has 1 heterocycles. The molecule has 2 amide bonds. The zero-order valence-electron chi connectivity index (χ0n) is 15.7. The van der Waals surface area contributed by atoms with Crippen LogP contribution in [-0.4, -0.2) is 61.9 Å². The normalized spacial score (nSPS) is 18.7.